The number of pyridine rings is 1. The zero-order valence-corrected chi connectivity index (χ0v) is 10.2. The van der Waals surface area contributed by atoms with Crippen molar-refractivity contribution in [3.05, 3.63) is 30.1 Å². The zero-order valence-electron chi connectivity index (χ0n) is 10.2. The number of aromatic nitrogens is 1. The average molecular weight is 218 g/mol. The van der Waals surface area contributed by atoms with E-state index >= 15 is 0 Å². The van der Waals surface area contributed by atoms with Crippen LogP contribution < -0.4 is 0 Å². The SMILES string of the molecule is CCCCCCCCN=Cc1ccccn1. The Morgan fingerprint density at radius 3 is 2.69 bits per heavy atom. The Hall–Kier alpha value is -1.18. The fourth-order valence-electron chi connectivity index (χ4n) is 1.59. The van der Waals surface area contributed by atoms with E-state index in [-0.39, 0.29) is 0 Å². The van der Waals surface area contributed by atoms with Crippen molar-refractivity contribution in [1.82, 2.24) is 4.98 Å². The lowest BCUT2D eigenvalue weighted by atomic mass is 10.1. The molecular formula is C14H22N2. The van der Waals surface area contributed by atoms with Crippen LogP contribution >= 0.6 is 0 Å². The van der Waals surface area contributed by atoms with Gasteiger partial charge in [-0.25, -0.2) is 0 Å². The van der Waals surface area contributed by atoms with Gasteiger partial charge in [-0.05, 0) is 18.6 Å². The van der Waals surface area contributed by atoms with Gasteiger partial charge >= 0.3 is 0 Å². The number of nitrogens with zero attached hydrogens (tertiary/aromatic N) is 2. The molecule has 0 fully saturated rings. The van der Waals surface area contributed by atoms with E-state index in [4.69, 9.17) is 0 Å². The molecule has 1 aromatic rings. The molecule has 0 N–H and O–H groups in total. The van der Waals surface area contributed by atoms with Crippen molar-refractivity contribution in [1.29, 1.82) is 0 Å². The Kier molecular flexibility index (Phi) is 7.31. The van der Waals surface area contributed by atoms with Crippen molar-refractivity contribution in [3.8, 4) is 0 Å². The highest BCUT2D eigenvalue weighted by atomic mass is 14.7. The highest BCUT2D eigenvalue weighted by Gasteiger charge is 1.89. The second-order valence-corrected chi connectivity index (χ2v) is 4.06. The van der Waals surface area contributed by atoms with Crippen LogP contribution in [0.25, 0.3) is 0 Å². The van der Waals surface area contributed by atoms with Gasteiger partial charge in [0.1, 0.15) is 0 Å². The monoisotopic (exact) mass is 218 g/mol. The van der Waals surface area contributed by atoms with E-state index < -0.39 is 0 Å². The van der Waals surface area contributed by atoms with Gasteiger partial charge in [-0.3, -0.25) is 9.98 Å². The van der Waals surface area contributed by atoms with Crippen LogP contribution in [0.5, 0.6) is 0 Å². The average Bonchev–Trinajstić information content (AvgIpc) is 2.34. The molecule has 0 aliphatic carbocycles. The first-order chi connectivity index (χ1) is 7.93. The second kappa shape index (κ2) is 9.08. The number of rotatable bonds is 8. The maximum Gasteiger partial charge on any atom is 0.0807 e. The first-order valence-corrected chi connectivity index (χ1v) is 6.34. The molecule has 0 aliphatic heterocycles. The minimum atomic E-state index is 0.933. The first-order valence-electron chi connectivity index (χ1n) is 6.34. The molecule has 0 unspecified atom stereocenters. The van der Waals surface area contributed by atoms with Crippen LogP contribution in [-0.4, -0.2) is 17.7 Å². The summed E-state index contributed by atoms with van der Waals surface area (Å²) in [7, 11) is 0. The molecule has 0 bridgehead atoms. The third-order valence-corrected chi connectivity index (χ3v) is 2.55. The van der Waals surface area contributed by atoms with Gasteiger partial charge in [-0.2, -0.15) is 0 Å². The van der Waals surface area contributed by atoms with E-state index in [1.807, 2.05) is 24.4 Å². The van der Waals surface area contributed by atoms with Crippen molar-refractivity contribution in [2.45, 2.75) is 45.4 Å². The van der Waals surface area contributed by atoms with Crippen LogP contribution in [0.1, 0.15) is 51.1 Å². The van der Waals surface area contributed by atoms with E-state index in [1.165, 1.54) is 38.5 Å². The number of aliphatic imine (C=N–C) groups is 1. The van der Waals surface area contributed by atoms with Crippen molar-refractivity contribution in [3.63, 3.8) is 0 Å². The van der Waals surface area contributed by atoms with Gasteiger partial charge in [0.05, 0.1) is 5.69 Å². The van der Waals surface area contributed by atoms with E-state index in [0.717, 1.165) is 12.2 Å². The number of hydrogen-bond donors (Lipinski definition) is 0. The summed E-state index contributed by atoms with van der Waals surface area (Å²) >= 11 is 0. The topological polar surface area (TPSA) is 25.2 Å². The zero-order chi connectivity index (χ0) is 11.5. The largest absolute Gasteiger partial charge is 0.291 e. The molecule has 1 heterocycles. The van der Waals surface area contributed by atoms with Gasteiger partial charge in [0.2, 0.25) is 0 Å². The smallest absolute Gasteiger partial charge is 0.0807 e. The van der Waals surface area contributed by atoms with Crippen LogP contribution in [0, 0.1) is 0 Å². The van der Waals surface area contributed by atoms with E-state index in [1.54, 1.807) is 6.20 Å². The molecule has 0 spiro atoms. The Morgan fingerprint density at radius 2 is 1.94 bits per heavy atom. The van der Waals surface area contributed by atoms with Gasteiger partial charge in [0.15, 0.2) is 0 Å². The molecule has 0 radical (unpaired) electrons. The third kappa shape index (κ3) is 6.33. The summed E-state index contributed by atoms with van der Waals surface area (Å²) in [5.74, 6) is 0. The lowest BCUT2D eigenvalue weighted by Gasteiger charge is -1.97. The second-order valence-electron chi connectivity index (χ2n) is 4.06. The summed E-state index contributed by atoms with van der Waals surface area (Å²) in [4.78, 5) is 8.56. The van der Waals surface area contributed by atoms with Crippen molar-refractivity contribution in [2.24, 2.45) is 4.99 Å². The van der Waals surface area contributed by atoms with Gasteiger partial charge < -0.3 is 0 Å². The Labute approximate surface area is 98.8 Å². The van der Waals surface area contributed by atoms with E-state index in [0.29, 0.717) is 0 Å². The molecule has 0 saturated heterocycles. The molecule has 0 saturated carbocycles. The highest BCUT2D eigenvalue weighted by molar-refractivity contribution is 5.76. The molecule has 0 amide bonds. The summed E-state index contributed by atoms with van der Waals surface area (Å²) in [6, 6.07) is 5.88. The summed E-state index contributed by atoms with van der Waals surface area (Å²) in [5.41, 5.74) is 0.952. The molecule has 2 nitrogen and oxygen atoms in total. The van der Waals surface area contributed by atoms with Crippen molar-refractivity contribution < 1.29 is 0 Å². The standard InChI is InChI=1S/C14H22N2/c1-2-3-4-5-6-8-11-15-13-14-10-7-9-12-16-14/h7,9-10,12-13H,2-6,8,11H2,1H3. The Bertz CT molecular complexity index is 280. The number of unbranched alkanes of at least 4 members (excludes halogenated alkanes) is 5. The van der Waals surface area contributed by atoms with Crippen molar-refractivity contribution in [2.75, 3.05) is 6.54 Å². The number of hydrogen-bond acceptors (Lipinski definition) is 2. The first kappa shape index (κ1) is 12.9. The van der Waals surface area contributed by atoms with Crippen LogP contribution in [0.2, 0.25) is 0 Å². The predicted molar refractivity (Wildman–Crippen MR) is 70.1 cm³/mol. The maximum atomic E-state index is 4.37. The predicted octanol–water partition coefficient (Wildman–Crippen LogP) is 3.86. The minimum Gasteiger partial charge on any atom is -0.291 e. The molecule has 0 atom stereocenters. The van der Waals surface area contributed by atoms with Crippen LogP contribution in [0.4, 0.5) is 0 Å². The maximum absolute atomic E-state index is 4.37. The van der Waals surface area contributed by atoms with Gasteiger partial charge in [0.25, 0.3) is 0 Å². The fourth-order valence-corrected chi connectivity index (χ4v) is 1.59. The fraction of sp³-hybridized carbons (Fsp3) is 0.571. The highest BCUT2D eigenvalue weighted by Crippen LogP contribution is 2.04. The molecule has 1 rings (SSSR count). The summed E-state index contributed by atoms with van der Waals surface area (Å²) < 4.78 is 0. The van der Waals surface area contributed by atoms with Gasteiger partial charge in [-0.1, -0.05) is 45.1 Å². The molecule has 0 aromatic carbocycles. The summed E-state index contributed by atoms with van der Waals surface area (Å²) in [5, 5.41) is 0. The molecule has 2 heteroatoms. The molecule has 1 aromatic heterocycles. The van der Waals surface area contributed by atoms with Gasteiger partial charge in [0, 0.05) is 19.0 Å². The molecular weight excluding hydrogens is 196 g/mol. The summed E-state index contributed by atoms with van der Waals surface area (Å²) in [6.45, 7) is 3.18. The normalized spacial score (nSPS) is 11.1. The Balaban J connectivity index is 2.01. The molecule has 16 heavy (non-hydrogen) atoms. The quantitative estimate of drug-likeness (QED) is 0.480. The van der Waals surface area contributed by atoms with E-state index in [9.17, 15) is 0 Å². The van der Waals surface area contributed by atoms with E-state index in [2.05, 4.69) is 16.9 Å². The van der Waals surface area contributed by atoms with Gasteiger partial charge in [-0.15, -0.1) is 0 Å². The van der Waals surface area contributed by atoms with Crippen LogP contribution in [0.15, 0.2) is 29.4 Å². The minimum absolute atomic E-state index is 0.933. The van der Waals surface area contributed by atoms with Crippen molar-refractivity contribution >= 4 is 6.21 Å². The Morgan fingerprint density at radius 1 is 1.12 bits per heavy atom. The lowest BCUT2D eigenvalue weighted by molar-refractivity contribution is 0.612. The van der Waals surface area contributed by atoms with Crippen LogP contribution in [-0.2, 0) is 0 Å². The third-order valence-electron chi connectivity index (χ3n) is 2.55. The van der Waals surface area contributed by atoms with Crippen LogP contribution in [0.3, 0.4) is 0 Å². The molecule has 0 aliphatic rings. The lowest BCUT2D eigenvalue weighted by Crippen LogP contribution is -1.88. The molecule has 88 valence electrons. The summed E-state index contributed by atoms with van der Waals surface area (Å²) in [6.07, 6.45) is 11.6.